The minimum atomic E-state index is 0.673. The molecule has 0 unspecified atom stereocenters. The van der Waals surface area contributed by atoms with Crippen molar-refractivity contribution in [1.29, 1.82) is 5.26 Å². The van der Waals surface area contributed by atoms with Crippen molar-refractivity contribution in [3.05, 3.63) is 48.6 Å². The normalized spacial score (nSPS) is 6.77. The first kappa shape index (κ1) is 11.0. The lowest BCUT2D eigenvalue weighted by Crippen LogP contribution is -1.75. The summed E-state index contributed by atoms with van der Waals surface area (Å²) in [5.41, 5.74) is 1.62. The highest BCUT2D eigenvalue weighted by molar-refractivity contribution is 5.39. The molecule has 1 rings (SSSR count). The summed E-state index contributed by atoms with van der Waals surface area (Å²) in [6.07, 6.45) is 0. The number of nitrogens with zero attached hydrogens (tertiary/aromatic N) is 1. The van der Waals surface area contributed by atoms with Gasteiger partial charge < -0.3 is 0 Å². The Labute approximate surface area is 79.3 Å². The van der Waals surface area contributed by atoms with Crippen molar-refractivity contribution >= 4 is 0 Å². The first-order valence-electron chi connectivity index (χ1n) is 3.79. The summed E-state index contributed by atoms with van der Waals surface area (Å²) in [5, 5.41) is 8.47. The van der Waals surface area contributed by atoms with Crippen LogP contribution in [0.4, 0.5) is 0 Å². The van der Waals surface area contributed by atoms with Crippen molar-refractivity contribution in [3.63, 3.8) is 0 Å². The van der Waals surface area contributed by atoms with Crippen LogP contribution >= 0.6 is 0 Å². The summed E-state index contributed by atoms with van der Waals surface area (Å²) in [7, 11) is 0. The van der Waals surface area contributed by atoms with Gasteiger partial charge in [-0.15, -0.1) is 19.1 Å². The molecule has 1 heteroatoms. The summed E-state index contributed by atoms with van der Waals surface area (Å²) >= 11 is 0. The molecule has 0 heterocycles. The highest BCUT2D eigenvalue weighted by atomic mass is 14.2. The van der Waals surface area contributed by atoms with Gasteiger partial charge in [0, 0.05) is 5.56 Å². The van der Waals surface area contributed by atoms with E-state index in [1.54, 1.807) is 19.1 Å². The molecule has 0 N–H and O–H groups in total. The maximum atomic E-state index is 8.47. The topological polar surface area (TPSA) is 23.8 Å². The van der Waals surface area contributed by atoms with E-state index in [4.69, 9.17) is 5.26 Å². The van der Waals surface area contributed by atoms with Gasteiger partial charge in [-0.25, -0.2) is 0 Å². The van der Waals surface area contributed by atoms with Crippen molar-refractivity contribution < 1.29 is 0 Å². The fourth-order valence-electron chi connectivity index (χ4n) is 0.772. The first-order chi connectivity index (χ1) is 6.36. The predicted octanol–water partition coefficient (Wildman–Crippen LogP) is 2.73. The van der Waals surface area contributed by atoms with Gasteiger partial charge in [-0.2, -0.15) is 5.26 Å². The zero-order chi connectivity index (χ0) is 10.1. The highest BCUT2D eigenvalue weighted by Crippen LogP contribution is 2.00. The summed E-state index contributed by atoms with van der Waals surface area (Å²) in [5.74, 6) is 5.69. The van der Waals surface area contributed by atoms with Crippen LogP contribution in [0.5, 0.6) is 0 Å². The van der Waals surface area contributed by atoms with Crippen LogP contribution in [0, 0.1) is 23.2 Å². The fourth-order valence-corrected chi connectivity index (χ4v) is 0.772. The van der Waals surface area contributed by atoms with E-state index in [0.717, 1.165) is 5.56 Å². The van der Waals surface area contributed by atoms with E-state index in [1.807, 2.05) is 18.2 Å². The van der Waals surface area contributed by atoms with Gasteiger partial charge in [-0.1, -0.05) is 5.92 Å². The number of rotatable bonds is 0. The third-order valence-electron chi connectivity index (χ3n) is 1.28. The molecule has 1 nitrogen and oxygen atoms in total. The monoisotopic (exact) mass is 169 g/mol. The molecule has 0 atom stereocenters. The number of hydrogen-bond acceptors (Lipinski definition) is 1. The number of hydrogen-bond donors (Lipinski definition) is 0. The summed E-state index contributed by atoms with van der Waals surface area (Å²) in [6, 6.07) is 9.26. The van der Waals surface area contributed by atoms with Gasteiger partial charge in [0.15, 0.2) is 0 Å². The van der Waals surface area contributed by atoms with Gasteiger partial charge in [0.05, 0.1) is 11.6 Å². The van der Waals surface area contributed by atoms with E-state index in [9.17, 15) is 0 Å². The summed E-state index contributed by atoms with van der Waals surface area (Å²) in [6.45, 7) is 7.79. The van der Waals surface area contributed by atoms with Crippen molar-refractivity contribution in [2.45, 2.75) is 6.92 Å². The minimum Gasteiger partial charge on any atom is -0.192 e. The quantitative estimate of drug-likeness (QED) is 0.432. The summed E-state index contributed by atoms with van der Waals surface area (Å²) < 4.78 is 0. The highest BCUT2D eigenvalue weighted by Gasteiger charge is 1.87. The molecule has 0 radical (unpaired) electrons. The third kappa shape index (κ3) is 3.79. The second-order valence-corrected chi connectivity index (χ2v) is 2.06. The van der Waals surface area contributed by atoms with E-state index >= 15 is 0 Å². The van der Waals surface area contributed by atoms with Crippen LogP contribution in [0.15, 0.2) is 37.4 Å². The van der Waals surface area contributed by atoms with E-state index in [0.29, 0.717) is 5.56 Å². The van der Waals surface area contributed by atoms with Crippen molar-refractivity contribution in [3.8, 4) is 17.9 Å². The van der Waals surface area contributed by atoms with Gasteiger partial charge in [0.2, 0.25) is 0 Å². The standard InChI is InChI=1S/C10H7N.C2H4/c1-2-3-9-4-6-10(8-11)7-5-9;1-2/h4-7H,1H3;1-2H2. The molecule has 0 spiro atoms. The predicted molar refractivity (Wildman–Crippen MR) is 55.0 cm³/mol. The molecular formula is C12H11N. The Morgan fingerprint density at radius 1 is 1.08 bits per heavy atom. The summed E-state index contributed by atoms with van der Waals surface area (Å²) in [4.78, 5) is 0. The second-order valence-electron chi connectivity index (χ2n) is 2.06. The molecule has 0 aliphatic rings. The van der Waals surface area contributed by atoms with Crippen molar-refractivity contribution in [2.75, 3.05) is 0 Å². The Kier molecular flexibility index (Phi) is 5.68. The Balaban J connectivity index is 0.000000671. The van der Waals surface area contributed by atoms with Gasteiger partial charge in [0.1, 0.15) is 0 Å². The van der Waals surface area contributed by atoms with E-state index in [2.05, 4.69) is 25.0 Å². The van der Waals surface area contributed by atoms with E-state index in [-0.39, 0.29) is 0 Å². The molecular weight excluding hydrogens is 158 g/mol. The Hall–Kier alpha value is -1.99. The average molecular weight is 169 g/mol. The number of benzene rings is 1. The molecule has 1 aromatic rings. The van der Waals surface area contributed by atoms with Crippen LogP contribution in [0.25, 0.3) is 0 Å². The maximum Gasteiger partial charge on any atom is 0.0991 e. The van der Waals surface area contributed by atoms with Crippen LogP contribution < -0.4 is 0 Å². The molecule has 0 saturated carbocycles. The van der Waals surface area contributed by atoms with Crippen LogP contribution in [-0.2, 0) is 0 Å². The van der Waals surface area contributed by atoms with Crippen LogP contribution in [0.1, 0.15) is 18.1 Å². The van der Waals surface area contributed by atoms with E-state index < -0.39 is 0 Å². The molecule has 0 aliphatic heterocycles. The van der Waals surface area contributed by atoms with Crippen molar-refractivity contribution in [1.82, 2.24) is 0 Å². The largest absolute Gasteiger partial charge is 0.192 e. The Morgan fingerprint density at radius 2 is 1.54 bits per heavy atom. The molecule has 13 heavy (non-hydrogen) atoms. The lowest BCUT2D eigenvalue weighted by Gasteiger charge is -1.88. The third-order valence-corrected chi connectivity index (χ3v) is 1.28. The van der Waals surface area contributed by atoms with Crippen molar-refractivity contribution in [2.24, 2.45) is 0 Å². The smallest absolute Gasteiger partial charge is 0.0991 e. The molecule has 0 aliphatic carbocycles. The molecule has 0 amide bonds. The molecule has 64 valence electrons. The second kappa shape index (κ2) is 6.70. The van der Waals surface area contributed by atoms with Gasteiger partial charge in [0.25, 0.3) is 0 Å². The lowest BCUT2D eigenvalue weighted by atomic mass is 10.1. The minimum absolute atomic E-state index is 0.673. The molecule has 0 saturated heterocycles. The molecule has 0 bridgehead atoms. The van der Waals surface area contributed by atoms with Crippen LogP contribution in [-0.4, -0.2) is 0 Å². The zero-order valence-corrected chi connectivity index (χ0v) is 7.67. The SMILES string of the molecule is C=C.CC#Cc1ccc(C#N)cc1. The fraction of sp³-hybridized carbons (Fsp3) is 0.0833. The van der Waals surface area contributed by atoms with Gasteiger partial charge >= 0.3 is 0 Å². The molecule has 0 fully saturated rings. The van der Waals surface area contributed by atoms with Crippen LogP contribution in [0.2, 0.25) is 0 Å². The maximum absolute atomic E-state index is 8.47. The Morgan fingerprint density at radius 3 is 1.92 bits per heavy atom. The van der Waals surface area contributed by atoms with Crippen LogP contribution in [0.3, 0.4) is 0 Å². The zero-order valence-electron chi connectivity index (χ0n) is 7.67. The number of nitriles is 1. The molecule has 1 aromatic carbocycles. The van der Waals surface area contributed by atoms with Gasteiger partial charge in [-0.05, 0) is 31.2 Å². The molecule has 0 aromatic heterocycles. The van der Waals surface area contributed by atoms with Gasteiger partial charge in [-0.3, -0.25) is 0 Å². The lowest BCUT2D eigenvalue weighted by molar-refractivity contribution is 1.48. The van der Waals surface area contributed by atoms with E-state index in [1.165, 1.54) is 0 Å². The average Bonchev–Trinajstić information content (AvgIpc) is 2.23. The first-order valence-corrected chi connectivity index (χ1v) is 3.79. The Bertz CT molecular complexity index is 343.